The second kappa shape index (κ2) is 11.1. The molecule has 4 rings (SSSR count). The number of unbranched alkanes of at least 4 members (excludes halogenated alkanes) is 1. The second-order valence-corrected chi connectivity index (χ2v) is 9.80. The van der Waals surface area contributed by atoms with E-state index in [2.05, 4.69) is 43.9 Å². The van der Waals surface area contributed by atoms with Gasteiger partial charge in [0.25, 0.3) is 0 Å². The molecule has 2 atom stereocenters. The largest absolute Gasteiger partial charge is 0.496 e. The molecule has 188 valence electrons. The fourth-order valence-electron chi connectivity index (χ4n) is 5.58. The first kappa shape index (κ1) is 25.1. The van der Waals surface area contributed by atoms with Gasteiger partial charge >= 0.3 is 0 Å². The Balaban J connectivity index is 1.56. The molecule has 2 heterocycles. The van der Waals surface area contributed by atoms with Crippen molar-refractivity contribution in [1.29, 1.82) is 0 Å². The number of aryl methyl sites for hydroxylation is 1. The Kier molecular flexibility index (Phi) is 7.99. The summed E-state index contributed by atoms with van der Waals surface area (Å²) in [6, 6.07) is 14.0. The number of anilines is 1. The van der Waals surface area contributed by atoms with Gasteiger partial charge < -0.3 is 19.4 Å². The van der Waals surface area contributed by atoms with E-state index in [1.807, 2.05) is 34.1 Å². The van der Waals surface area contributed by atoms with Crippen molar-refractivity contribution >= 4 is 17.5 Å². The smallest absolute Gasteiger partial charge is 0.228 e. The van der Waals surface area contributed by atoms with Gasteiger partial charge in [-0.25, -0.2) is 0 Å². The number of hydrogen-bond donors (Lipinski definition) is 0. The van der Waals surface area contributed by atoms with E-state index in [1.165, 1.54) is 16.8 Å². The zero-order chi connectivity index (χ0) is 24.9. The second-order valence-electron chi connectivity index (χ2n) is 9.80. The number of piperidine rings is 1. The minimum Gasteiger partial charge on any atom is -0.496 e. The summed E-state index contributed by atoms with van der Waals surface area (Å²) in [5, 5.41) is 0. The quantitative estimate of drug-likeness (QED) is 0.578. The maximum Gasteiger partial charge on any atom is 0.228 e. The number of benzene rings is 2. The van der Waals surface area contributed by atoms with Crippen LogP contribution in [0.4, 0.5) is 5.69 Å². The van der Waals surface area contributed by atoms with Gasteiger partial charge in [-0.05, 0) is 49.9 Å². The fraction of sp³-hybridized carbons (Fsp3) is 0.517. The van der Waals surface area contributed by atoms with Crippen molar-refractivity contribution < 1.29 is 14.3 Å². The van der Waals surface area contributed by atoms with Crippen LogP contribution in [0.15, 0.2) is 42.5 Å². The summed E-state index contributed by atoms with van der Waals surface area (Å²) < 4.78 is 5.67. The maximum atomic E-state index is 14.0. The molecule has 0 aromatic heterocycles. The molecule has 6 nitrogen and oxygen atoms in total. The van der Waals surface area contributed by atoms with Gasteiger partial charge in [0.05, 0.1) is 19.1 Å². The highest BCUT2D eigenvalue weighted by Gasteiger charge is 2.43. The summed E-state index contributed by atoms with van der Waals surface area (Å²) in [7, 11) is 1.66. The van der Waals surface area contributed by atoms with E-state index in [0.29, 0.717) is 32.5 Å². The Hall–Kier alpha value is -3.02. The van der Waals surface area contributed by atoms with Gasteiger partial charge in [0, 0.05) is 50.4 Å². The lowest BCUT2D eigenvalue weighted by molar-refractivity contribution is -0.148. The first-order valence-corrected chi connectivity index (χ1v) is 13.0. The number of hydrogen-bond acceptors (Lipinski definition) is 4. The molecular formula is C29H39N3O3. The first-order valence-electron chi connectivity index (χ1n) is 13.0. The van der Waals surface area contributed by atoms with E-state index in [0.717, 1.165) is 37.2 Å². The summed E-state index contributed by atoms with van der Waals surface area (Å²) in [5.74, 6) is 0.785. The van der Waals surface area contributed by atoms with Gasteiger partial charge in [0.15, 0.2) is 0 Å². The van der Waals surface area contributed by atoms with E-state index in [9.17, 15) is 9.59 Å². The molecule has 2 aliphatic heterocycles. The first-order chi connectivity index (χ1) is 17.0. The highest BCUT2D eigenvalue weighted by molar-refractivity contribution is 5.85. The Labute approximate surface area is 209 Å². The minimum absolute atomic E-state index is 0.137. The Morgan fingerprint density at radius 3 is 2.49 bits per heavy atom. The molecule has 0 aliphatic carbocycles. The van der Waals surface area contributed by atoms with Crippen LogP contribution in [-0.2, 0) is 9.59 Å². The summed E-state index contributed by atoms with van der Waals surface area (Å²) in [4.78, 5) is 33.3. The number of carbonyl (C=O) groups excluding carboxylic acids is 2. The van der Waals surface area contributed by atoms with Crippen LogP contribution in [0.1, 0.15) is 55.3 Å². The molecule has 0 N–H and O–H groups in total. The molecule has 2 aromatic rings. The third-order valence-electron chi connectivity index (χ3n) is 7.74. The number of methoxy groups -OCH3 is 1. The third kappa shape index (κ3) is 5.16. The number of carbonyl (C=O) groups is 2. The summed E-state index contributed by atoms with van der Waals surface area (Å²) in [6.45, 7) is 10.2. The normalized spacial score (nSPS) is 20.8. The predicted molar refractivity (Wildman–Crippen MR) is 140 cm³/mol. The van der Waals surface area contributed by atoms with Crippen LogP contribution in [0.2, 0.25) is 0 Å². The topological polar surface area (TPSA) is 53.1 Å². The molecule has 0 bridgehead atoms. The number of ether oxygens (including phenoxy) is 1. The lowest BCUT2D eigenvalue weighted by atomic mass is 9.82. The number of amides is 2. The van der Waals surface area contributed by atoms with Crippen molar-refractivity contribution in [2.45, 2.75) is 52.5 Å². The predicted octanol–water partition coefficient (Wildman–Crippen LogP) is 4.74. The third-order valence-corrected chi connectivity index (χ3v) is 7.74. The lowest BCUT2D eigenvalue weighted by Gasteiger charge is -2.44. The lowest BCUT2D eigenvalue weighted by Crippen LogP contribution is -2.54. The molecule has 2 aliphatic rings. The summed E-state index contributed by atoms with van der Waals surface area (Å²) in [6.07, 6.45) is 2.93. The molecule has 2 fully saturated rings. The van der Waals surface area contributed by atoms with Crippen molar-refractivity contribution in [2.24, 2.45) is 5.92 Å². The van der Waals surface area contributed by atoms with Gasteiger partial charge in [-0.1, -0.05) is 43.7 Å². The van der Waals surface area contributed by atoms with E-state index in [4.69, 9.17) is 4.74 Å². The van der Waals surface area contributed by atoms with Crippen molar-refractivity contribution in [2.75, 3.05) is 44.7 Å². The van der Waals surface area contributed by atoms with E-state index < -0.39 is 0 Å². The number of piperazine rings is 1. The van der Waals surface area contributed by atoms with Gasteiger partial charge in [0.2, 0.25) is 11.8 Å². The van der Waals surface area contributed by atoms with Gasteiger partial charge in [0.1, 0.15) is 5.75 Å². The van der Waals surface area contributed by atoms with Crippen molar-refractivity contribution in [1.82, 2.24) is 9.80 Å². The number of para-hydroxylation sites is 1. The number of likely N-dealkylation sites (tertiary alicyclic amines) is 1. The monoisotopic (exact) mass is 477 g/mol. The standard InChI is InChI=1S/C29H39N3O3/c1-5-6-16-32-27(33)15-14-24(28(32)23-11-7-8-13-26(23)35-4)29(34)31-19-17-30(18-20-31)25-12-9-10-21(2)22(25)3/h7-13,24,28H,5-6,14-20H2,1-4H3. The highest BCUT2D eigenvalue weighted by Crippen LogP contribution is 2.41. The SMILES string of the molecule is CCCCN1C(=O)CCC(C(=O)N2CCN(c3cccc(C)c3C)CC2)C1c1ccccc1OC. The molecule has 0 radical (unpaired) electrons. The maximum absolute atomic E-state index is 14.0. The Morgan fingerprint density at radius 2 is 1.77 bits per heavy atom. The zero-order valence-corrected chi connectivity index (χ0v) is 21.6. The molecular weight excluding hydrogens is 438 g/mol. The van der Waals surface area contributed by atoms with Crippen LogP contribution in [0.5, 0.6) is 5.75 Å². The molecule has 2 saturated heterocycles. The van der Waals surface area contributed by atoms with Crippen LogP contribution in [0.3, 0.4) is 0 Å². The van der Waals surface area contributed by atoms with Crippen molar-refractivity contribution in [3.63, 3.8) is 0 Å². The van der Waals surface area contributed by atoms with Crippen molar-refractivity contribution in [3.8, 4) is 5.75 Å². The molecule has 2 amide bonds. The molecule has 35 heavy (non-hydrogen) atoms. The van der Waals surface area contributed by atoms with Crippen LogP contribution in [-0.4, -0.2) is 61.4 Å². The van der Waals surface area contributed by atoms with Gasteiger partial charge in [-0.15, -0.1) is 0 Å². The van der Waals surface area contributed by atoms with Crippen molar-refractivity contribution in [3.05, 3.63) is 59.2 Å². The van der Waals surface area contributed by atoms with Crippen LogP contribution >= 0.6 is 0 Å². The summed E-state index contributed by atoms with van der Waals surface area (Å²) >= 11 is 0. The van der Waals surface area contributed by atoms with Crippen LogP contribution in [0, 0.1) is 19.8 Å². The van der Waals surface area contributed by atoms with Gasteiger partial charge in [-0.2, -0.15) is 0 Å². The molecule has 2 aromatic carbocycles. The molecule has 2 unspecified atom stereocenters. The minimum atomic E-state index is -0.288. The van der Waals surface area contributed by atoms with E-state index in [-0.39, 0.29) is 23.8 Å². The van der Waals surface area contributed by atoms with E-state index >= 15 is 0 Å². The average molecular weight is 478 g/mol. The number of rotatable bonds is 7. The molecule has 0 saturated carbocycles. The Bertz CT molecular complexity index is 1050. The van der Waals surface area contributed by atoms with E-state index in [1.54, 1.807) is 7.11 Å². The highest BCUT2D eigenvalue weighted by atomic mass is 16.5. The molecule has 6 heteroatoms. The fourth-order valence-corrected chi connectivity index (χ4v) is 5.58. The summed E-state index contributed by atoms with van der Waals surface area (Å²) in [5.41, 5.74) is 4.80. The van der Waals surface area contributed by atoms with Crippen LogP contribution < -0.4 is 9.64 Å². The van der Waals surface area contributed by atoms with Crippen LogP contribution in [0.25, 0.3) is 0 Å². The Morgan fingerprint density at radius 1 is 1.03 bits per heavy atom. The molecule has 0 spiro atoms. The zero-order valence-electron chi connectivity index (χ0n) is 21.6. The average Bonchev–Trinajstić information content (AvgIpc) is 2.89. The van der Waals surface area contributed by atoms with Gasteiger partial charge in [-0.3, -0.25) is 9.59 Å². The number of nitrogens with zero attached hydrogens (tertiary/aromatic N) is 3.